The van der Waals surface area contributed by atoms with Gasteiger partial charge in [0.15, 0.2) is 0 Å². The zero-order chi connectivity index (χ0) is 17.5. The fraction of sp³-hybridized carbons (Fsp3) is 0.474. The Balaban J connectivity index is 1.85. The molecule has 24 heavy (non-hydrogen) atoms. The number of benzene rings is 1. The highest BCUT2D eigenvalue weighted by Gasteiger charge is 2.22. The lowest BCUT2D eigenvalue weighted by Gasteiger charge is -2.31. The molecule has 1 aliphatic rings. The van der Waals surface area contributed by atoms with E-state index in [0.717, 1.165) is 25.0 Å². The highest BCUT2D eigenvalue weighted by atomic mass is 16.5. The number of nitrogens with zero attached hydrogens (tertiary/aromatic N) is 1. The Morgan fingerprint density at radius 3 is 2.50 bits per heavy atom. The van der Waals surface area contributed by atoms with Crippen LogP contribution in [0.2, 0.25) is 0 Å². The molecule has 0 aromatic heterocycles. The summed E-state index contributed by atoms with van der Waals surface area (Å²) in [6, 6.07) is 7.38. The Labute approximate surface area is 143 Å². The van der Waals surface area contributed by atoms with E-state index in [1.54, 1.807) is 17.0 Å². The van der Waals surface area contributed by atoms with E-state index in [1.807, 2.05) is 26.0 Å². The highest BCUT2D eigenvalue weighted by molar-refractivity contribution is 5.94. The van der Waals surface area contributed by atoms with E-state index in [-0.39, 0.29) is 24.0 Å². The molecule has 0 bridgehead atoms. The summed E-state index contributed by atoms with van der Waals surface area (Å²) < 4.78 is 5.96. The molecular weight excluding hydrogens is 304 g/mol. The van der Waals surface area contributed by atoms with Crippen LogP contribution in [0.5, 0.6) is 5.75 Å². The van der Waals surface area contributed by atoms with Gasteiger partial charge in [0.1, 0.15) is 11.9 Å². The van der Waals surface area contributed by atoms with Crippen molar-refractivity contribution in [2.45, 2.75) is 45.3 Å². The zero-order valence-electron chi connectivity index (χ0n) is 14.5. The first kappa shape index (κ1) is 18.0. The Kier molecular flexibility index (Phi) is 6.41. The molecule has 1 N–H and O–H groups in total. The van der Waals surface area contributed by atoms with Crippen molar-refractivity contribution in [2.24, 2.45) is 0 Å². The van der Waals surface area contributed by atoms with E-state index in [9.17, 15) is 9.59 Å². The highest BCUT2D eigenvalue weighted by Crippen LogP contribution is 2.20. The van der Waals surface area contributed by atoms with E-state index in [0.29, 0.717) is 18.7 Å². The molecule has 1 aliphatic heterocycles. The number of carbonyl (C=O) groups is 2. The van der Waals surface area contributed by atoms with Gasteiger partial charge in [0, 0.05) is 37.5 Å². The topological polar surface area (TPSA) is 58.6 Å². The van der Waals surface area contributed by atoms with Crippen molar-refractivity contribution in [1.82, 2.24) is 10.2 Å². The average molecular weight is 330 g/mol. The molecule has 2 rings (SSSR count). The first-order chi connectivity index (χ1) is 11.5. The monoisotopic (exact) mass is 330 g/mol. The number of hydrogen-bond acceptors (Lipinski definition) is 3. The average Bonchev–Trinajstić information content (AvgIpc) is 2.62. The van der Waals surface area contributed by atoms with E-state index in [4.69, 9.17) is 4.74 Å². The maximum absolute atomic E-state index is 12.0. The van der Waals surface area contributed by atoms with E-state index < -0.39 is 0 Å². The third-order valence-electron chi connectivity index (χ3n) is 4.34. The fourth-order valence-electron chi connectivity index (χ4n) is 2.61. The summed E-state index contributed by atoms with van der Waals surface area (Å²) in [5.41, 5.74) is 0.633. The van der Waals surface area contributed by atoms with Crippen molar-refractivity contribution >= 4 is 11.8 Å². The lowest BCUT2D eigenvalue weighted by molar-refractivity contribution is -0.127. The summed E-state index contributed by atoms with van der Waals surface area (Å²) in [4.78, 5) is 25.4. The summed E-state index contributed by atoms with van der Waals surface area (Å²) in [6.45, 7) is 8.91. The smallest absolute Gasteiger partial charge is 0.251 e. The lowest BCUT2D eigenvalue weighted by Crippen LogP contribution is -2.41. The third kappa shape index (κ3) is 4.85. The van der Waals surface area contributed by atoms with Gasteiger partial charge in [-0.1, -0.05) is 13.5 Å². The van der Waals surface area contributed by atoms with Crippen molar-refractivity contribution in [1.29, 1.82) is 0 Å². The molecule has 0 saturated carbocycles. The second-order valence-corrected chi connectivity index (χ2v) is 6.15. The third-order valence-corrected chi connectivity index (χ3v) is 4.34. The molecule has 130 valence electrons. The predicted octanol–water partition coefficient (Wildman–Crippen LogP) is 2.77. The Morgan fingerprint density at radius 2 is 1.96 bits per heavy atom. The second-order valence-electron chi connectivity index (χ2n) is 6.15. The largest absolute Gasteiger partial charge is 0.490 e. The Morgan fingerprint density at radius 1 is 1.33 bits per heavy atom. The fourth-order valence-corrected chi connectivity index (χ4v) is 2.61. The molecular formula is C19H26N2O3. The normalized spacial score (nSPS) is 16.3. The van der Waals surface area contributed by atoms with Gasteiger partial charge >= 0.3 is 0 Å². The summed E-state index contributed by atoms with van der Waals surface area (Å²) in [6.07, 6.45) is 3.95. The molecule has 0 radical (unpaired) electrons. The number of amides is 2. The van der Waals surface area contributed by atoms with Crippen molar-refractivity contribution in [3.8, 4) is 5.75 Å². The first-order valence-corrected chi connectivity index (χ1v) is 8.52. The van der Waals surface area contributed by atoms with Crippen LogP contribution in [-0.4, -0.2) is 41.9 Å². The van der Waals surface area contributed by atoms with Crippen LogP contribution in [0, 0.1) is 0 Å². The van der Waals surface area contributed by atoms with Crippen LogP contribution in [0.25, 0.3) is 0 Å². The van der Waals surface area contributed by atoms with Crippen molar-refractivity contribution in [3.05, 3.63) is 42.5 Å². The number of hydrogen-bond donors (Lipinski definition) is 1. The number of ether oxygens (including phenoxy) is 1. The van der Waals surface area contributed by atoms with Gasteiger partial charge in [-0.15, -0.1) is 0 Å². The summed E-state index contributed by atoms with van der Waals surface area (Å²) in [5.74, 6) is 0.667. The van der Waals surface area contributed by atoms with Gasteiger partial charge in [0.05, 0.1) is 0 Å². The van der Waals surface area contributed by atoms with Crippen LogP contribution in [0.15, 0.2) is 36.9 Å². The predicted molar refractivity (Wildman–Crippen MR) is 94.1 cm³/mol. The Bertz CT molecular complexity index is 575. The number of piperidine rings is 1. The summed E-state index contributed by atoms with van der Waals surface area (Å²) in [7, 11) is 0. The zero-order valence-corrected chi connectivity index (χ0v) is 14.5. The molecule has 1 aromatic carbocycles. The SMILES string of the molecule is C=CC(=O)N1CCC(Oc2ccc(C(=O)NC(C)CC)cc2)CC1. The van der Waals surface area contributed by atoms with E-state index in [2.05, 4.69) is 11.9 Å². The molecule has 0 aliphatic carbocycles. The minimum absolute atomic E-state index is 0.0230. The first-order valence-electron chi connectivity index (χ1n) is 8.52. The van der Waals surface area contributed by atoms with Crippen molar-refractivity contribution < 1.29 is 14.3 Å². The van der Waals surface area contributed by atoms with Crippen LogP contribution in [-0.2, 0) is 4.79 Å². The number of rotatable bonds is 6. The maximum Gasteiger partial charge on any atom is 0.251 e. The number of carbonyl (C=O) groups excluding carboxylic acids is 2. The summed E-state index contributed by atoms with van der Waals surface area (Å²) in [5, 5.41) is 2.94. The molecule has 1 atom stereocenters. The quantitative estimate of drug-likeness (QED) is 0.816. The number of nitrogens with one attached hydrogen (secondary N) is 1. The van der Waals surface area contributed by atoms with Gasteiger partial charge in [-0.25, -0.2) is 0 Å². The van der Waals surface area contributed by atoms with Crippen molar-refractivity contribution in [2.75, 3.05) is 13.1 Å². The molecule has 1 heterocycles. The van der Waals surface area contributed by atoms with Gasteiger partial charge < -0.3 is 15.0 Å². The van der Waals surface area contributed by atoms with Crippen LogP contribution in [0.4, 0.5) is 0 Å². The molecule has 1 saturated heterocycles. The molecule has 2 amide bonds. The summed E-state index contributed by atoms with van der Waals surface area (Å²) >= 11 is 0. The number of likely N-dealkylation sites (tertiary alicyclic amines) is 1. The van der Waals surface area contributed by atoms with Crippen LogP contribution >= 0.6 is 0 Å². The minimum atomic E-state index is -0.0628. The van der Waals surface area contributed by atoms with E-state index >= 15 is 0 Å². The van der Waals surface area contributed by atoms with Gasteiger partial charge in [-0.05, 0) is 43.7 Å². The molecule has 5 heteroatoms. The molecule has 1 unspecified atom stereocenters. The maximum atomic E-state index is 12.0. The van der Waals surface area contributed by atoms with Gasteiger partial charge in [-0.2, -0.15) is 0 Å². The van der Waals surface area contributed by atoms with Gasteiger partial charge in [0.2, 0.25) is 5.91 Å². The Hall–Kier alpha value is -2.30. The van der Waals surface area contributed by atoms with Crippen LogP contribution in [0.3, 0.4) is 0 Å². The van der Waals surface area contributed by atoms with Gasteiger partial charge in [-0.3, -0.25) is 9.59 Å². The molecule has 5 nitrogen and oxygen atoms in total. The van der Waals surface area contributed by atoms with Crippen LogP contribution < -0.4 is 10.1 Å². The molecule has 1 aromatic rings. The second kappa shape index (κ2) is 8.52. The van der Waals surface area contributed by atoms with Crippen molar-refractivity contribution in [3.63, 3.8) is 0 Å². The minimum Gasteiger partial charge on any atom is -0.490 e. The van der Waals surface area contributed by atoms with Gasteiger partial charge in [0.25, 0.3) is 5.91 Å². The molecule has 1 fully saturated rings. The van der Waals surface area contributed by atoms with E-state index in [1.165, 1.54) is 6.08 Å². The molecule has 0 spiro atoms. The lowest BCUT2D eigenvalue weighted by atomic mass is 10.1. The standard InChI is InChI=1S/C19H26N2O3/c1-4-14(3)20-19(23)15-6-8-16(9-7-15)24-17-10-12-21(13-11-17)18(22)5-2/h5-9,14,17H,2,4,10-13H2,1,3H3,(H,20,23). The van der Waals surface area contributed by atoms with Crippen LogP contribution in [0.1, 0.15) is 43.5 Å².